The van der Waals surface area contributed by atoms with E-state index in [0.29, 0.717) is 18.3 Å². The maximum absolute atomic E-state index is 13.1. The number of aryl methyl sites for hydroxylation is 1. The molecular formula is C17H22FN3OS. The molecule has 1 heterocycles. The zero-order valence-electron chi connectivity index (χ0n) is 13.6. The van der Waals surface area contributed by atoms with Crippen molar-refractivity contribution in [3.05, 3.63) is 52.0 Å². The van der Waals surface area contributed by atoms with Crippen LogP contribution in [0.4, 0.5) is 4.39 Å². The third kappa shape index (κ3) is 5.90. The fraction of sp³-hybridized carbons (Fsp3) is 0.353. The molecular weight excluding hydrogens is 313 g/mol. The van der Waals surface area contributed by atoms with E-state index >= 15 is 0 Å². The first-order valence-corrected chi connectivity index (χ1v) is 8.30. The van der Waals surface area contributed by atoms with Crippen LogP contribution in [-0.4, -0.2) is 25.7 Å². The molecule has 1 unspecified atom stereocenters. The van der Waals surface area contributed by atoms with Gasteiger partial charge in [-0.3, -0.25) is 4.99 Å². The maximum Gasteiger partial charge on any atom is 0.191 e. The number of nitrogens with zero attached hydrogens (tertiary/aromatic N) is 1. The van der Waals surface area contributed by atoms with E-state index in [4.69, 9.17) is 4.74 Å². The second kappa shape index (κ2) is 8.53. The molecule has 1 atom stereocenters. The number of thiophene rings is 1. The molecule has 0 aliphatic rings. The summed E-state index contributed by atoms with van der Waals surface area (Å²) in [6.07, 6.45) is -0.112. The smallest absolute Gasteiger partial charge is 0.191 e. The van der Waals surface area contributed by atoms with Gasteiger partial charge in [0.15, 0.2) is 5.96 Å². The Labute approximate surface area is 140 Å². The molecule has 0 saturated carbocycles. The fourth-order valence-corrected chi connectivity index (χ4v) is 2.86. The first-order chi connectivity index (χ1) is 11.1. The van der Waals surface area contributed by atoms with Crippen LogP contribution >= 0.6 is 11.3 Å². The molecule has 0 saturated heterocycles. The lowest BCUT2D eigenvalue weighted by molar-refractivity contribution is 0.223. The number of guanidine groups is 1. The van der Waals surface area contributed by atoms with Gasteiger partial charge in [-0.05, 0) is 38.1 Å². The van der Waals surface area contributed by atoms with Crippen molar-refractivity contribution in [1.82, 2.24) is 10.6 Å². The lowest BCUT2D eigenvalue weighted by atomic mass is 10.3. The van der Waals surface area contributed by atoms with E-state index in [1.54, 1.807) is 30.5 Å². The predicted octanol–water partition coefficient (Wildman–Crippen LogP) is 3.33. The summed E-state index contributed by atoms with van der Waals surface area (Å²) in [5, 5.41) is 6.47. The number of aliphatic imine (C=N–C) groups is 1. The summed E-state index contributed by atoms with van der Waals surface area (Å²) >= 11 is 1.76. The van der Waals surface area contributed by atoms with E-state index in [2.05, 4.69) is 34.7 Å². The van der Waals surface area contributed by atoms with Gasteiger partial charge in [0.2, 0.25) is 0 Å². The molecule has 124 valence electrons. The number of hydrogen-bond donors (Lipinski definition) is 2. The van der Waals surface area contributed by atoms with Gasteiger partial charge in [-0.15, -0.1) is 11.3 Å². The lowest BCUT2D eigenvalue weighted by Crippen LogP contribution is -2.41. The highest BCUT2D eigenvalue weighted by molar-refractivity contribution is 7.11. The zero-order valence-corrected chi connectivity index (χ0v) is 14.4. The number of ether oxygens (including phenoxy) is 1. The van der Waals surface area contributed by atoms with E-state index in [1.165, 1.54) is 21.9 Å². The Balaban J connectivity index is 1.76. The summed E-state index contributed by atoms with van der Waals surface area (Å²) < 4.78 is 18.8. The number of benzene rings is 1. The summed E-state index contributed by atoms with van der Waals surface area (Å²) in [5.74, 6) is 0.938. The molecule has 0 aliphatic heterocycles. The summed E-state index contributed by atoms with van der Waals surface area (Å²) in [6, 6.07) is 10.4. The molecule has 1 aromatic carbocycles. The Morgan fingerprint density at radius 2 is 2.13 bits per heavy atom. The second-order valence-electron chi connectivity index (χ2n) is 5.20. The van der Waals surface area contributed by atoms with Gasteiger partial charge in [0.05, 0.1) is 13.1 Å². The quantitative estimate of drug-likeness (QED) is 0.629. The number of hydrogen-bond acceptors (Lipinski definition) is 3. The van der Waals surface area contributed by atoms with Crippen molar-refractivity contribution in [2.45, 2.75) is 26.5 Å². The van der Waals surface area contributed by atoms with Crippen molar-refractivity contribution in [2.24, 2.45) is 4.99 Å². The topological polar surface area (TPSA) is 45.7 Å². The first-order valence-electron chi connectivity index (χ1n) is 7.49. The van der Waals surface area contributed by atoms with E-state index in [-0.39, 0.29) is 11.9 Å². The van der Waals surface area contributed by atoms with Crippen molar-refractivity contribution in [2.75, 3.05) is 13.6 Å². The number of rotatable bonds is 6. The third-order valence-electron chi connectivity index (χ3n) is 3.14. The average Bonchev–Trinajstić information content (AvgIpc) is 2.93. The highest BCUT2D eigenvalue weighted by Gasteiger charge is 2.07. The second-order valence-corrected chi connectivity index (χ2v) is 6.58. The van der Waals surface area contributed by atoms with Crippen LogP contribution in [0.25, 0.3) is 0 Å². The van der Waals surface area contributed by atoms with Crippen LogP contribution in [0, 0.1) is 12.7 Å². The zero-order chi connectivity index (χ0) is 16.7. The van der Waals surface area contributed by atoms with E-state index in [9.17, 15) is 4.39 Å². The molecule has 2 rings (SSSR count). The SMILES string of the molecule is CN=C(NCc1ccc(C)s1)NCC(C)Oc1cccc(F)c1. The summed E-state index contributed by atoms with van der Waals surface area (Å²) in [6.45, 7) is 5.32. The normalized spacial score (nSPS) is 12.8. The molecule has 0 amide bonds. The van der Waals surface area contributed by atoms with Crippen LogP contribution < -0.4 is 15.4 Å². The van der Waals surface area contributed by atoms with E-state index < -0.39 is 0 Å². The van der Waals surface area contributed by atoms with Crippen molar-refractivity contribution in [1.29, 1.82) is 0 Å². The van der Waals surface area contributed by atoms with Gasteiger partial charge in [-0.25, -0.2) is 4.39 Å². The molecule has 0 fully saturated rings. The van der Waals surface area contributed by atoms with Crippen LogP contribution in [0.5, 0.6) is 5.75 Å². The summed E-state index contributed by atoms with van der Waals surface area (Å²) in [4.78, 5) is 6.74. The van der Waals surface area contributed by atoms with Crippen LogP contribution in [0.3, 0.4) is 0 Å². The van der Waals surface area contributed by atoms with Crippen molar-refractivity contribution in [3.63, 3.8) is 0 Å². The number of nitrogens with one attached hydrogen (secondary N) is 2. The molecule has 0 spiro atoms. The molecule has 0 bridgehead atoms. The largest absolute Gasteiger partial charge is 0.489 e. The van der Waals surface area contributed by atoms with Crippen LogP contribution in [0.1, 0.15) is 16.7 Å². The molecule has 0 aliphatic carbocycles. The van der Waals surface area contributed by atoms with Crippen molar-refractivity contribution < 1.29 is 9.13 Å². The summed E-state index contributed by atoms with van der Waals surface area (Å²) in [7, 11) is 1.73. The molecule has 4 nitrogen and oxygen atoms in total. The van der Waals surface area contributed by atoms with Gasteiger partial charge in [-0.1, -0.05) is 6.07 Å². The van der Waals surface area contributed by atoms with Gasteiger partial charge in [0, 0.05) is 22.9 Å². The first kappa shape index (κ1) is 17.3. The number of halogens is 1. The summed E-state index contributed by atoms with van der Waals surface area (Å²) in [5.41, 5.74) is 0. The lowest BCUT2D eigenvalue weighted by Gasteiger charge is -2.17. The van der Waals surface area contributed by atoms with Crippen molar-refractivity contribution >= 4 is 17.3 Å². The Morgan fingerprint density at radius 3 is 2.78 bits per heavy atom. The minimum Gasteiger partial charge on any atom is -0.489 e. The molecule has 0 radical (unpaired) electrons. The van der Waals surface area contributed by atoms with Crippen LogP contribution in [-0.2, 0) is 6.54 Å². The molecule has 23 heavy (non-hydrogen) atoms. The molecule has 6 heteroatoms. The van der Waals surface area contributed by atoms with Gasteiger partial charge >= 0.3 is 0 Å². The molecule has 1 aromatic heterocycles. The van der Waals surface area contributed by atoms with Crippen LogP contribution in [0.15, 0.2) is 41.4 Å². The van der Waals surface area contributed by atoms with E-state index in [1.807, 2.05) is 6.92 Å². The Morgan fingerprint density at radius 1 is 1.30 bits per heavy atom. The van der Waals surface area contributed by atoms with Gasteiger partial charge < -0.3 is 15.4 Å². The maximum atomic E-state index is 13.1. The van der Waals surface area contributed by atoms with Gasteiger partial charge in [0.1, 0.15) is 17.7 Å². The minimum atomic E-state index is -0.300. The molecule has 2 aromatic rings. The highest BCUT2D eigenvalue weighted by atomic mass is 32.1. The Bertz CT molecular complexity index is 657. The standard InChI is InChI=1S/C17H22FN3OS/c1-12(22-15-6-4-5-14(18)9-15)10-20-17(19-3)21-11-16-8-7-13(2)23-16/h4-9,12H,10-11H2,1-3H3,(H2,19,20,21). The van der Waals surface area contributed by atoms with Crippen LogP contribution in [0.2, 0.25) is 0 Å². The Hall–Kier alpha value is -2.08. The third-order valence-corrected chi connectivity index (χ3v) is 4.14. The Kier molecular flexibility index (Phi) is 6.40. The minimum absolute atomic E-state index is 0.112. The van der Waals surface area contributed by atoms with Crippen molar-refractivity contribution in [3.8, 4) is 5.75 Å². The van der Waals surface area contributed by atoms with Gasteiger partial charge in [-0.2, -0.15) is 0 Å². The van der Waals surface area contributed by atoms with E-state index in [0.717, 1.165) is 6.54 Å². The molecule has 2 N–H and O–H groups in total. The van der Waals surface area contributed by atoms with Gasteiger partial charge in [0.25, 0.3) is 0 Å². The monoisotopic (exact) mass is 335 g/mol. The predicted molar refractivity (Wildman–Crippen MR) is 93.7 cm³/mol. The average molecular weight is 335 g/mol. The fourth-order valence-electron chi connectivity index (χ4n) is 2.03. The highest BCUT2D eigenvalue weighted by Crippen LogP contribution is 2.14.